The molecule has 1 fully saturated rings. The van der Waals surface area contributed by atoms with E-state index in [9.17, 15) is 0 Å². The van der Waals surface area contributed by atoms with Gasteiger partial charge in [-0.3, -0.25) is 0 Å². The van der Waals surface area contributed by atoms with Crippen molar-refractivity contribution in [3.63, 3.8) is 0 Å². The zero-order valence-electron chi connectivity index (χ0n) is 3.65. The molecule has 1 aliphatic heterocycles. The maximum absolute atomic E-state index is 5.36. The van der Waals surface area contributed by atoms with Crippen molar-refractivity contribution in [2.24, 2.45) is 5.73 Å². The molecule has 38 valence electrons. The molecule has 1 unspecified atom stereocenters. The predicted molar refractivity (Wildman–Crippen MR) is 22.3 cm³/mol. The Hall–Kier alpha value is 0.690. The quantitative estimate of drug-likeness (QED) is 0.348. The van der Waals surface area contributed by atoms with Crippen molar-refractivity contribution in [2.75, 3.05) is 11.0 Å². The Balaban J connectivity index is 2.01. The molecular weight excluding hydrogens is 189 g/mol. The van der Waals surface area contributed by atoms with Crippen molar-refractivity contribution in [2.45, 2.75) is 10.3 Å². The van der Waals surface area contributed by atoms with Crippen LogP contribution in [0.15, 0.2) is 0 Å². The van der Waals surface area contributed by atoms with Gasteiger partial charge in [-0.2, -0.15) is 0 Å². The summed E-state index contributed by atoms with van der Waals surface area (Å²) >= 11 is 0.600. The Bertz CT molecular complexity index is 40.1. The van der Waals surface area contributed by atoms with Crippen LogP contribution in [-0.2, 0) is 0 Å². The molecule has 2 N–H and O–H groups in total. The van der Waals surface area contributed by atoms with Gasteiger partial charge >= 0.3 is 48.3 Å². The molecule has 0 aromatic carbocycles. The molecule has 0 spiro atoms. The first-order chi connectivity index (χ1) is 2.93. The molecule has 1 heterocycles. The van der Waals surface area contributed by atoms with E-state index in [0.29, 0.717) is 21.2 Å². The summed E-state index contributed by atoms with van der Waals surface area (Å²) in [6.07, 6.45) is 1.43. The summed E-state index contributed by atoms with van der Waals surface area (Å²) in [5, 5.41) is 0. The fraction of sp³-hybridized carbons (Fsp3) is 1.00. The molecule has 6 heavy (non-hydrogen) atoms. The average Bonchev–Trinajstić information content (AvgIpc) is 1.31. The van der Waals surface area contributed by atoms with E-state index in [-0.39, 0.29) is 0 Å². The Morgan fingerprint density at radius 3 is 2.50 bits per heavy atom. The molecule has 0 saturated carbocycles. The first-order valence-electron chi connectivity index (χ1n) is 2.21. The monoisotopic (exact) mass is 198 g/mol. The van der Waals surface area contributed by atoms with Crippen LogP contribution in [0, 0.1) is 0 Å². The summed E-state index contributed by atoms with van der Waals surface area (Å²) in [5.41, 5.74) is 5.36. The third-order valence-corrected chi connectivity index (χ3v) is 4.63. The van der Waals surface area contributed by atoms with Crippen molar-refractivity contribution in [3.05, 3.63) is 0 Å². The molecule has 1 nitrogen and oxygen atoms in total. The zero-order valence-corrected chi connectivity index (χ0v) is 5.81. The molecule has 0 aliphatic carbocycles. The van der Waals surface area contributed by atoms with Crippen molar-refractivity contribution in [1.29, 1.82) is 0 Å². The van der Waals surface area contributed by atoms with Crippen LogP contribution in [0.1, 0.15) is 6.42 Å². The molecule has 0 aromatic heterocycles. The van der Waals surface area contributed by atoms with Gasteiger partial charge in [0.2, 0.25) is 0 Å². The van der Waals surface area contributed by atoms with Gasteiger partial charge in [-0.15, -0.1) is 0 Å². The predicted octanol–water partition coefficient (Wildman–Crippen LogP) is -3.19. The van der Waals surface area contributed by atoms with Crippen LogP contribution in [0.3, 0.4) is 0 Å². The third-order valence-electron chi connectivity index (χ3n) is 1.01. The minimum absolute atomic E-state index is 0.600. The molecule has 1 saturated heterocycles. The topological polar surface area (TPSA) is 26.0 Å². The molecule has 2 heteroatoms. The first-order valence-corrected chi connectivity index (χ1v) is 4.98. The van der Waals surface area contributed by atoms with Gasteiger partial charge in [-0.1, -0.05) is 0 Å². The minimum atomic E-state index is 0.600. The van der Waals surface area contributed by atoms with Crippen LogP contribution < -0.4 is 26.9 Å². The number of halogens is 1. The number of hydrogen-bond acceptors (Lipinski definition) is 1. The van der Waals surface area contributed by atoms with Crippen LogP contribution in [0.2, 0.25) is 0 Å². The van der Waals surface area contributed by atoms with Crippen LogP contribution in [0.4, 0.5) is 0 Å². The van der Waals surface area contributed by atoms with E-state index in [1.54, 1.807) is 0 Å². The summed E-state index contributed by atoms with van der Waals surface area (Å²) in [7, 11) is 0. The van der Waals surface area contributed by atoms with Crippen LogP contribution in [0.5, 0.6) is 0 Å². The summed E-state index contributed by atoms with van der Waals surface area (Å²) < 4.78 is 2.53. The standard InChI is InChI=1S/C4H9IN/c6-3-4-1-2-5-4/h4H,1-3,6H2/q-1. The Kier molecular flexibility index (Phi) is 1.71. The number of nitrogens with two attached hydrogens (primary N) is 1. The second kappa shape index (κ2) is 2.12. The molecule has 1 aliphatic rings. The Morgan fingerprint density at radius 2 is 2.50 bits per heavy atom. The van der Waals surface area contributed by atoms with Gasteiger partial charge in [0, 0.05) is 0 Å². The molecule has 0 bridgehead atoms. The van der Waals surface area contributed by atoms with Gasteiger partial charge in [0.05, 0.1) is 0 Å². The summed E-state index contributed by atoms with van der Waals surface area (Å²) in [6.45, 7) is 0.966. The van der Waals surface area contributed by atoms with Gasteiger partial charge in [0.1, 0.15) is 0 Å². The van der Waals surface area contributed by atoms with E-state index >= 15 is 0 Å². The fourth-order valence-electron chi connectivity index (χ4n) is 0.444. The van der Waals surface area contributed by atoms with E-state index in [1.807, 2.05) is 0 Å². The third kappa shape index (κ3) is 0.846. The second-order valence-corrected chi connectivity index (χ2v) is 5.19. The van der Waals surface area contributed by atoms with Crippen LogP contribution in [-0.4, -0.2) is 14.9 Å². The first kappa shape index (κ1) is 4.84. The Labute approximate surface area is 48.6 Å². The molecule has 0 radical (unpaired) electrons. The van der Waals surface area contributed by atoms with Crippen molar-refractivity contribution in [1.82, 2.24) is 0 Å². The van der Waals surface area contributed by atoms with Crippen LogP contribution >= 0.6 is 0 Å². The number of alkyl halides is 2. The molecule has 1 atom stereocenters. The van der Waals surface area contributed by atoms with Gasteiger partial charge < -0.3 is 0 Å². The normalized spacial score (nSPS) is 33.8. The van der Waals surface area contributed by atoms with Gasteiger partial charge in [-0.25, -0.2) is 0 Å². The molecule has 0 amide bonds. The maximum atomic E-state index is 5.36. The van der Waals surface area contributed by atoms with Gasteiger partial charge in [-0.05, 0) is 0 Å². The number of hydrogen-bond donors (Lipinski definition) is 1. The number of rotatable bonds is 1. The van der Waals surface area contributed by atoms with E-state index < -0.39 is 0 Å². The van der Waals surface area contributed by atoms with Crippen molar-refractivity contribution < 1.29 is 21.2 Å². The van der Waals surface area contributed by atoms with Gasteiger partial charge in [0.25, 0.3) is 0 Å². The second-order valence-electron chi connectivity index (χ2n) is 1.46. The van der Waals surface area contributed by atoms with E-state index in [0.717, 1.165) is 10.5 Å². The van der Waals surface area contributed by atoms with Gasteiger partial charge in [0.15, 0.2) is 0 Å². The molecular formula is C4H9IN-. The van der Waals surface area contributed by atoms with Crippen molar-refractivity contribution >= 4 is 0 Å². The summed E-state index contributed by atoms with van der Waals surface area (Å²) in [6, 6.07) is 0. The van der Waals surface area contributed by atoms with E-state index in [2.05, 4.69) is 0 Å². The van der Waals surface area contributed by atoms with Crippen molar-refractivity contribution in [3.8, 4) is 0 Å². The van der Waals surface area contributed by atoms with Crippen LogP contribution in [0.25, 0.3) is 0 Å². The molecule has 0 aromatic rings. The Morgan fingerprint density at radius 1 is 1.83 bits per heavy atom. The van der Waals surface area contributed by atoms with E-state index in [1.165, 1.54) is 10.8 Å². The SMILES string of the molecule is NCC1CC[I-]1. The average molecular weight is 198 g/mol. The van der Waals surface area contributed by atoms with E-state index in [4.69, 9.17) is 5.73 Å². The summed E-state index contributed by atoms with van der Waals surface area (Å²) in [4.78, 5) is 0. The zero-order chi connectivity index (χ0) is 4.41. The summed E-state index contributed by atoms with van der Waals surface area (Å²) in [5.74, 6) is 0. The molecule has 1 rings (SSSR count). The fourth-order valence-corrected chi connectivity index (χ4v) is 2.31.